The second-order valence-electron chi connectivity index (χ2n) is 5.88. The van der Waals surface area contributed by atoms with E-state index in [-0.39, 0.29) is 54.2 Å². The minimum atomic E-state index is -0.783. The number of benzene rings is 2. The third kappa shape index (κ3) is 6.50. The summed E-state index contributed by atoms with van der Waals surface area (Å²) in [5.74, 6) is -0.363. The first-order valence-corrected chi connectivity index (χ1v) is 8.60. The maximum atomic E-state index is 12.8. The summed E-state index contributed by atoms with van der Waals surface area (Å²) in [4.78, 5) is 12.8. The van der Waals surface area contributed by atoms with E-state index in [1.807, 2.05) is 6.92 Å². The Labute approximate surface area is 161 Å². The van der Waals surface area contributed by atoms with Crippen molar-refractivity contribution in [2.24, 2.45) is 0 Å². The Balaban J connectivity index is 2.13. The molecule has 0 amide bonds. The summed E-state index contributed by atoms with van der Waals surface area (Å²) in [6, 6.07) is 1.98. The summed E-state index contributed by atoms with van der Waals surface area (Å²) in [5, 5.41) is 22.8. The lowest BCUT2D eigenvalue weighted by Crippen LogP contribution is -2.32. The van der Waals surface area contributed by atoms with Crippen LogP contribution in [0.4, 0.5) is 0 Å². The van der Waals surface area contributed by atoms with Gasteiger partial charge in [0.25, 0.3) is 0 Å². The van der Waals surface area contributed by atoms with Gasteiger partial charge in [0, 0.05) is 13.0 Å². The summed E-state index contributed by atoms with van der Waals surface area (Å²) in [5.41, 5.74) is 0.153. The highest BCUT2D eigenvalue weighted by Crippen LogP contribution is 2.25. The SMILES string of the molecule is [2H]c1c([2H])c([2H])c(CCC(=O)c2cc(O)ccc2OCC(O)CNCCC)c([2H])c1[2H]. The van der Waals surface area contributed by atoms with Gasteiger partial charge in [0.05, 0.1) is 12.4 Å². The van der Waals surface area contributed by atoms with Crippen LogP contribution in [0.2, 0.25) is 0 Å². The van der Waals surface area contributed by atoms with Crippen molar-refractivity contribution in [1.82, 2.24) is 5.32 Å². The summed E-state index contributed by atoms with van der Waals surface area (Å²) in [7, 11) is 0. The van der Waals surface area contributed by atoms with Crippen LogP contribution < -0.4 is 10.1 Å². The number of carbonyl (C=O) groups excluding carboxylic acids is 1. The van der Waals surface area contributed by atoms with Crippen LogP contribution in [0, 0.1) is 0 Å². The molecule has 0 saturated carbocycles. The highest BCUT2D eigenvalue weighted by Gasteiger charge is 2.15. The molecule has 0 aliphatic rings. The monoisotopic (exact) mass is 362 g/mol. The van der Waals surface area contributed by atoms with E-state index in [0.717, 1.165) is 13.0 Å². The largest absolute Gasteiger partial charge is 0.508 e. The third-order valence-electron chi connectivity index (χ3n) is 3.66. The molecule has 5 heteroatoms. The van der Waals surface area contributed by atoms with E-state index in [4.69, 9.17) is 11.6 Å². The van der Waals surface area contributed by atoms with Gasteiger partial charge in [0.2, 0.25) is 0 Å². The Morgan fingerprint density at radius 2 is 2.08 bits per heavy atom. The number of rotatable bonds is 11. The standard InChI is InChI=1S/C21H27NO4/c1-2-12-22-14-18(24)15-26-21-11-9-17(23)13-19(21)20(25)10-8-16-6-4-3-5-7-16/h3-7,9,11,13,18,22-24H,2,8,10,12,14-15H2,1H3/i3D,4D,5D,6D,7D. The summed E-state index contributed by atoms with van der Waals surface area (Å²) in [6.07, 6.45) is -0.0609. The van der Waals surface area contributed by atoms with Crippen molar-refractivity contribution in [3.05, 3.63) is 59.5 Å². The van der Waals surface area contributed by atoms with Crippen LogP contribution in [0.3, 0.4) is 0 Å². The van der Waals surface area contributed by atoms with E-state index in [1.165, 1.54) is 18.2 Å². The van der Waals surface area contributed by atoms with Crippen LogP contribution in [0.25, 0.3) is 0 Å². The Kier molecular flexibility index (Phi) is 5.61. The first-order valence-electron chi connectivity index (χ1n) is 11.1. The molecule has 0 saturated heterocycles. The van der Waals surface area contributed by atoms with Crippen LogP contribution in [-0.2, 0) is 6.42 Å². The summed E-state index contributed by atoms with van der Waals surface area (Å²) in [6.45, 7) is 3.06. The predicted octanol–water partition coefficient (Wildman–Crippen LogP) is 2.95. The number of phenolic OH excluding ortho intramolecular Hbond substituents is 1. The van der Waals surface area contributed by atoms with Gasteiger partial charge in [-0.05, 0) is 43.1 Å². The first-order chi connectivity index (χ1) is 14.7. The first kappa shape index (κ1) is 13.8. The van der Waals surface area contributed by atoms with E-state index in [1.54, 1.807) is 0 Å². The van der Waals surface area contributed by atoms with Gasteiger partial charge in [-0.25, -0.2) is 0 Å². The number of ketones is 1. The molecule has 0 aliphatic heterocycles. The fraction of sp³-hybridized carbons (Fsp3) is 0.381. The van der Waals surface area contributed by atoms with Crippen LogP contribution in [0.1, 0.15) is 42.5 Å². The van der Waals surface area contributed by atoms with Crippen molar-refractivity contribution in [3.8, 4) is 11.5 Å². The summed E-state index contributed by atoms with van der Waals surface area (Å²) >= 11 is 0. The smallest absolute Gasteiger partial charge is 0.167 e. The highest BCUT2D eigenvalue weighted by molar-refractivity contribution is 5.99. The van der Waals surface area contributed by atoms with Gasteiger partial charge in [-0.15, -0.1) is 0 Å². The average Bonchev–Trinajstić information content (AvgIpc) is 2.75. The average molecular weight is 362 g/mol. The number of aliphatic hydroxyl groups is 1. The van der Waals surface area contributed by atoms with E-state index in [2.05, 4.69) is 5.32 Å². The normalized spacial score (nSPS) is 14.6. The minimum Gasteiger partial charge on any atom is -0.508 e. The molecular formula is C21H27NO4. The number of aromatic hydroxyl groups is 1. The van der Waals surface area contributed by atoms with Crippen molar-refractivity contribution in [3.63, 3.8) is 0 Å². The van der Waals surface area contributed by atoms with Gasteiger partial charge in [-0.3, -0.25) is 4.79 Å². The van der Waals surface area contributed by atoms with Gasteiger partial charge < -0.3 is 20.3 Å². The van der Waals surface area contributed by atoms with Crippen molar-refractivity contribution in [1.29, 1.82) is 0 Å². The zero-order valence-corrected chi connectivity index (χ0v) is 14.8. The zero-order valence-electron chi connectivity index (χ0n) is 19.8. The molecule has 0 aliphatic carbocycles. The molecule has 140 valence electrons. The Bertz CT molecular complexity index is 909. The molecule has 3 N–H and O–H groups in total. The topological polar surface area (TPSA) is 78.8 Å². The molecule has 0 spiro atoms. The number of aliphatic hydroxyl groups excluding tert-OH is 1. The number of phenols is 1. The fourth-order valence-corrected chi connectivity index (χ4v) is 2.33. The van der Waals surface area contributed by atoms with Crippen LogP contribution in [-0.4, -0.2) is 41.8 Å². The molecule has 0 bridgehead atoms. The van der Waals surface area contributed by atoms with Gasteiger partial charge in [-0.2, -0.15) is 0 Å². The minimum absolute atomic E-state index is 0.0507. The third-order valence-corrected chi connectivity index (χ3v) is 3.66. The molecule has 5 nitrogen and oxygen atoms in total. The Morgan fingerprint density at radius 3 is 2.81 bits per heavy atom. The van der Waals surface area contributed by atoms with Crippen molar-refractivity contribution in [2.45, 2.75) is 32.3 Å². The second-order valence-corrected chi connectivity index (χ2v) is 5.88. The molecule has 0 fully saturated rings. The van der Waals surface area contributed by atoms with E-state index in [0.29, 0.717) is 6.54 Å². The highest BCUT2D eigenvalue weighted by atomic mass is 16.5. The Hall–Kier alpha value is -2.37. The summed E-state index contributed by atoms with van der Waals surface area (Å²) < 4.78 is 44.6. The van der Waals surface area contributed by atoms with Gasteiger partial charge in [-0.1, -0.05) is 37.1 Å². The molecule has 0 heterocycles. The molecule has 2 rings (SSSR count). The Morgan fingerprint density at radius 1 is 1.31 bits per heavy atom. The maximum Gasteiger partial charge on any atom is 0.167 e. The number of Topliss-reactive ketones (excluding diaryl/α,β-unsaturated/α-hetero) is 1. The lowest BCUT2D eigenvalue weighted by Gasteiger charge is -2.15. The molecule has 1 unspecified atom stereocenters. The molecule has 26 heavy (non-hydrogen) atoms. The van der Waals surface area contributed by atoms with Crippen LogP contribution in [0.15, 0.2) is 48.4 Å². The predicted molar refractivity (Wildman–Crippen MR) is 102 cm³/mol. The van der Waals surface area contributed by atoms with E-state index in [9.17, 15) is 15.0 Å². The van der Waals surface area contributed by atoms with Crippen LogP contribution in [0.5, 0.6) is 11.5 Å². The van der Waals surface area contributed by atoms with Crippen molar-refractivity contribution in [2.75, 3.05) is 19.7 Å². The van der Waals surface area contributed by atoms with Gasteiger partial charge >= 0.3 is 0 Å². The van der Waals surface area contributed by atoms with Crippen LogP contribution >= 0.6 is 0 Å². The molecule has 2 aromatic carbocycles. The van der Waals surface area contributed by atoms with Crippen molar-refractivity contribution >= 4 is 5.78 Å². The molecule has 0 radical (unpaired) electrons. The molecule has 1 atom stereocenters. The molecule has 0 aromatic heterocycles. The van der Waals surface area contributed by atoms with Gasteiger partial charge in [0.15, 0.2) is 5.78 Å². The van der Waals surface area contributed by atoms with Gasteiger partial charge in [0.1, 0.15) is 24.2 Å². The van der Waals surface area contributed by atoms with E-state index >= 15 is 0 Å². The molecular weight excluding hydrogens is 330 g/mol. The fourth-order valence-electron chi connectivity index (χ4n) is 2.33. The maximum absolute atomic E-state index is 12.8. The van der Waals surface area contributed by atoms with Crippen molar-refractivity contribution < 1.29 is 26.6 Å². The molecule has 2 aromatic rings. The lowest BCUT2D eigenvalue weighted by molar-refractivity contribution is 0.0950. The lowest BCUT2D eigenvalue weighted by atomic mass is 10.0. The van der Waals surface area contributed by atoms with E-state index < -0.39 is 30.0 Å². The second kappa shape index (κ2) is 10.6. The quantitative estimate of drug-likeness (QED) is 0.423. The number of carbonyl (C=O) groups is 1. The number of hydrogen-bond acceptors (Lipinski definition) is 5. The zero-order chi connectivity index (χ0) is 23.1. The number of hydrogen-bond donors (Lipinski definition) is 3. The number of ether oxygens (including phenoxy) is 1. The number of nitrogens with one attached hydrogen (secondary N) is 1.